The molecule has 2 aromatic rings. The number of thiophene rings is 1. The summed E-state index contributed by atoms with van der Waals surface area (Å²) in [6.45, 7) is 5.63. The lowest BCUT2D eigenvalue weighted by molar-refractivity contribution is 0.106. The van der Waals surface area contributed by atoms with E-state index in [1.165, 1.54) is 16.0 Å². The highest BCUT2D eigenvalue weighted by Gasteiger charge is 2.07. The van der Waals surface area contributed by atoms with Crippen LogP contribution < -0.4 is 10.1 Å². The first kappa shape index (κ1) is 16.5. The number of aryl methyl sites for hydroxylation is 2. The molecule has 0 amide bonds. The summed E-state index contributed by atoms with van der Waals surface area (Å²) in [7, 11) is 0. The number of hydrogen-bond donors (Lipinski definition) is 2. The molecule has 1 heterocycles. The summed E-state index contributed by atoms with van der Waals surface area (Å²) in [4.78, 5) is 1.23. The zero-order valence-electron chi connectivity index (χ0n) is 12.2. The molecule has 0 saturated heterocycles. The standard InChI is InChI=1S/C16H20BrNO2S/c1-11-5-12(2)7-14(6-11)20-10-13(19)8-18-9-16-15(17)3-4-21-16/h3-7,13,18-19H,8-10H2,1-2H3. The van der Waals surface area contributed by atoms with Crippen molar-refractivity contribution in [1.82, 2.24) is 5.32 Å². The van der Waals surface area contributed by atoms with Gasteiger partial charge in [-0.2, -0.15) is 0 Å². The number of nitrogens with one attached hydrogen (secondary N) is 1. The lowest BCUT2D eigenvalue weighted by atomic mass is 10.1. The van der Waals surface area contributed by atoms with Gasteiger partial charge in [0.15, 0.2) is 0 Å². The van der Waals surface area contributed by atoms with Crippen molar-refractivity contribution in [1.29, 1.82) is 0 Å². The molecule has 0 spiro atoms. The van der Waals surface area contributed by atoms with Crippen LogP contribution in [0.2, 0.25) is 0 Å². The van der Waals surface area contributed by atoms with Crippen molar-refractivity contribution < 1.29 is 9.84 Å². The maximum Gasteiger partial charge on any atom is 0.119 e. The SMILES string of the molecule is Cc1cc(C)cc(OCC(O)CNCc2sccc2Br)c1. The van der Waals surface area contributed by atoms with E-state index in [4.69, 9.17) is 4.74 Å². The van der Waals surface area contributed by atoms with E-state index in [1.54, 1.807) is 11.3 Å². The van der Waals surface area contributed by atoms with Gasteiger partial charge in [0.2, 0.25) is 0 Å². The highest BCUT2D eigenvalue weighted by Crippen LogP contribution is 2.22. The van der Waals surface area contributed by atoms with E-state index in [-0.39, 0.29) is 0 Å². The van der Waals surface area contributed by atoms with E-state index in [0.29, 0.717) is 13.2 Å². The number of benzene rings is 1. The zero-order chi connectivity index (χ0) is 15.2. The third-order valence-corrected chi connectivity index (χ3v) is 4.92. The van der Waals surface area contributed by atoms with E-state index >= 15 is 0 Å². The predicted molar refractivity (Wildman–Crippen MR) is 91.1 cm³/mol. The summed E-state index contributed by atoms with van der Waals surface area (Å²) in [5, 5.41) is 15.2. The molecule has 3 nitrogen and oxygen atoms in total. The molecule has 114 valence electrons. The van der Waals surface area contributed by atoms with Gasteiger partial charge in [0.1, 0.15) is 18.5 Å². The van der Waals surface area contributed by atoms with Crippen molar-refractivity contribution in [3.05, 3.63) is 50.1 Å². The smallest absolute Gasteiger partial charge is 0.119 e. The van der Waals surface area contributed by atoms with Crippen molar-refractivity contribution in [2.24, 2.45) is 0 Å². The zero-order valence-corrected chi connectivity index (χ0v) is 14.6. The molecule has 2 rings (SSSR count). The Morgan fingerprint density at radius 2 is 2.00 bits per heavy atom. The second-order valence-electron chi connectivity index (χ2n) is 5.11. The fourth-order valence-electron chi connectivity index (χ4n) is 2.07. The second-order valence-corrected chi connectivity index (χ2v) is 6.97. The van der Waals surface area contributed by atoms with Gasteiger partial charge in [0, 0.05) is 22.4 Å². The third kappa shape index (κ3) is 5.43. The molecule has 0 fully saturated rings. The molecule has 5 heteroatoms. The van der Waals surface area contributed by atoms with Crippen LogP contribution in [0.25, 0.3) is 0 Å². The molecule has 0 radical (unpaired) electrons. The molecule has 0 aliphatic heterocycles. The molecular weight excluding hydrogens is 350 g/mol. The molecule has 1 atom stereocenters. The van der Waals surface area contributed by atoms with Gasteiger partial charge < -0.3 is 15.2 Å². The molecule has 0 aliphatic carbocycles. The first-order valence-corrected chi connectivity index (χ1v) is 8.53. The van der Waals surface area contributed by atoms with Gasteiger partial charge in [-0.15, -0.1) is 11.3 Å². The number of ether oxygens (including phenoxy) is 1. The minimum absolute atomic E-state index is 0.293. The molecule has 1 aromatic heterocycles. The fraction of sp³-hybridized carbons (Fsp3) is 0.375. The molecule has 21 heavy (non-hydrogen) atoms. The van der Waals surface area contributed by atoms with Gasteiger partial charge in [-0.25, -0.2) is 0 Å². The Balaban J connectivity index is 1.72. The van der Waals surface area contributed by atoms with E-state index in [1.807, 2.05) is 37.4 Å². The summed E-state index contributed by atoms with van der Waals surface area (Å²) in [6, 6.07) is 8.09. The average molecular weight is 370 g/mol. The Morgan fingerprint density at radius 3 is 2.62 bits per heavy atom. The maximum atomic E-state index is 9.95. The van der Waals surface area contributed by atoms with Crippen LogP contribution in [0.1, 0.15) is 16.0 Å². The number of hydrogen-bond acceptors (Lipinski definition) is 4. The van der Waals surface area contributed by atoms with Crippen molar-refractivity contribution >= 4 is 27.3 Å². The number of halogens is 1. The maximum absolute atomic E-state index is 9.95. The fourth-order valence-corrected chi connectivity index (χ4v) is 3.53. The van der Waals surface area contributed by atoms with Crippen LogP contribution in [-0.4, -0.2) is 24.4 Å². The van der Waals surface area contributed by atoms with Crippen LogP contribution in [0.15, 0.2) is 34.1 Å². The van der Waals surface area contributed by atoms with Gasteiger partial charge in [-0.3, -0.25) is 0 Å². The van der Waals surface area contributed by atoms with Gasteiger partial charge in [-0.1, -0.05) is 6.07 Å². The van der Waals surface area contributed by atoms with Crippen molar-refractivity contribution in [3.8, 4) is 5.75 Å². The second kappa shape index (κ2) is 7.94. The van der Waals surface area contributed by atoms with Crippen LogP contribution in [-0.2, 0) is 6.54 Å². The Kier molecular flexibility index (Phi) is 6.23. The Labute approximate surface area is 138 Å². The summed E-state index contributed by atoms with van der Waals surface area (Å²) in [5.41, 5.74) is 2.33. The first-order chi connectivity index (χ1) is 10.0. The van der Waals surface area contributed by atoms with Crippen molar-refractivity contribution in [2.75, 3.05) is 13.2 Å². The average Bonchev–Trinajstić information content (AvgIpc) is 2.81. The molecule has 0 bridgehead atoms. The Hall–Kier alpha value is -0.880. The van der Waals surface area contributed by atoms with E-state index < -0.39 is 6.10 Å². The lowest BCUT2D eigenvalue weighted by Gasteiger charge is -2.14. The molecule has 1 unspecified atom stereocenters. The summed E-state index contributed by atoms with van der Waals surface area (Å²) < 4.78 is 6.76. The van der Waals surface area contributed by atoms with Crippen LogP contribution in [0.3, 0.4) is 0 Å². The van der Waals surface area contributed by atoms with E-state index in [2.05, 4.69) is 27.3 Å². The van der Waals surface area contributed by atoms with Crippen molar-refractivity contribution in [3.63, 3.8) is 0 Å². The highest BCUT2D eigenvalue weighted by atomic mass is 79.9. The Bertz CT molecular complexity index is 565. The van der Waals surface area contributed by atoms with Gasteiger partial charge in [0.05, 0.1) is 0 Å². The summed E-state index contributed by atoms with van der Waals surface area (Å²) in [6.07, 6.45) is -0.524. The quantitative estimate of drug-likeness (QED) is 0.782. The summed E-state index contributed by atoms with van der Waals surface area (Å²) in [5.74, 6) is 0.813. The normalized spacial score (nSPS) is 12.4. The molecule has 2 N–H and O–H groups in total. The summed E-state index contributed by atoms with van der Waals surface area (Å²) >= 11 is 5.18. The van der Waals surface area contributed by atoms with Crippen LogP contribution >= 0.6 is 27.3 Å². The number of rotatable bonds is 7. The van der Waals surface area contributed by atoms with Gasteiger partial charge >= 0.3 is 0 Å². The van der Waals surface area contributed by atoms with Crippen LogP contribution in [0.4, 0.5) is 0 Å². The van der Waals surface area contributed by atoms with Crippen molar-refractivity contribution in [2.45, 2.75) is 26.5 Å². The minimum atomic E-state index is -0.524. The molecule has 0 saturated carbocycles. The van der Waals surface area contributed by atoms with Crippen LogP contribution in [0.5, 0.6) is 5.75 Å². The number of aliphatic hydroxyl groups is 1. The highest BCUT2D eigenvalue weighted by molar-refractivity contribution is 9.10. The third-order valence-electron chi connectivity index (χ3n) is 2.99. The largest absolute Gasteiger partial charge is 0.491 e. The predicted octanol–water partition coefficient (Wildman–Crippen LogP) is 3.66. The minimum Gasteiger partial charge on any atom is -0.491 e. The van der Waals surface area contributed by atoms with Gasteiger partial charge in [0.25, 0.3) is 0 Å². The first-order valence-electron chi connectivity index (χ1n) is 6.86. The monoisotopic (exact) mass is 369 g/mol. The van der Waals surface area contributed by atoms with E-state index in [0.717, 1.165) is 16.8 Å². The Morgan fingerprint density at radius 1 is 1.29 bits per heavy atom. The van der Waals surface area contributed by atoms with Gasteiger partial charge in [-0.05, 0) is 64.5 Å². The molecular formula is C16H20BrNO2S. The molecule has 1 aromatic carbocycles. The van der Waals surface area contributed by atoms with E-state index in [9.17, 15) is 5.11 Å². The van der Waals surface area contributed by atoms with Crippen LogP contribution in [0, 0.1) is 13.8 Å². The number of aliphatic hydroxyl groups excluding tert-OH is 1. The molecule has 0 aliphatic rings. The lowest BCUT2D eigenvalue weighted by Crippen LogP contribution is -2.31. The topological polar surface area (TPSA) is 41.5 Å².